The molecule has 0 spiro atoms. The molecular formula is C24H24O4. The predicted octanol–water partition coefficient (Wildman–Crippen LogP) is 5.80. The molecule has 0 atom stereocenters. The SMILES string of the molecule is COc1cc2c3cc(C)c(C)cc3c3cc(OC)c(OC)cc3c2cc1OC. The molecular weight excluding hydrogens is 352 g/mol. The van der Waals surface area contributed by atoms with Gasteiger partial charge in [-0.05, 0) is 81.6 Å². The van der Waals surface area contributed by atoms with E-state index in [1.165, 1.54) is 21.9 Å². The maximum Gasteiger partial charge on any atom is 0.161 e. The van der Waals surface area contributed by atoms with Gasteiger partial charge in [-0.3, -0.25) is 0 Å². The highest BCUT2D eigenvalue weighted by atomic mass is 16.5. The number of benzene rings is 4. The minimum atomic E-state index is 0.703. The number of aryl methyl sites for hydroxylation is 2. The number of rotatable bonds is 4. The lowest BCUT2D eigenvalue weighted by Crippen LogP contribution is -1.95. The third-order valence-corrected chi connectivity index (χ3v) is 5.55. The molecule has 4 aromatic rings. The molecule has 4 nitrogen and oxygen atoms in total. The molecule has 0 saturated heterocycles. The first-order chi connectivity index (χ1) is 13.5. The van der Waals surface area contributed by atoms with Gasteiger partial charge in [0.05, 0.1) is 28.4 Å². The summed E-state index contributed by atoms with van der Waals surface area (Å²) in [5.74, 6) is 2.84. The monoisotopic (exact) mass is 376 g/mol. The highest BCUT2D eigenvalue weighted by Crippen LogP contribution is 2.44. The van der Waals surface area contributed by atoms with Crippen molar-refractivity contribution in [3.63, 3.8) is 0 Å². The topological polar surface area (TPSA) is 36.9 Å². The van der Waals surface area contributed by atoms with Crippen molar-refractivity contribution in [3.05, 3.63) is 47.5 Å². The molecule has 4 heteroatoms. The molecule has 0 saturated carbocycles. The van der Waals surface area contributed by atoms with Gasteiger partial charge in [0, 0.05) is 0 Å². The highest BCUT2D eigenvalue weighted by molar-refractivity contribution is 6.26. The minimum absolute atomic E-state index is 0.703. The standard InChI is InChI=1S/C24H24O4/c1-13-7-15-16(8-14(13)2)18-10-22(26-4)24(28-6)12-20(18)19-11-23(27-5)21(25-3)9-17(15)19/h7-12H,1-6H3. The van der Waals surface area contributed by atoms with Crippen LogP contribution in [0.3, 0.4) is 0 Å². The number of ether oxygens (including phenoxy) is 4. The maximum atomic E-state index is 5.57. The summed E-state index contributed by atoms with van der Waals surface area (Å²) in [7, 11) is 6.64. The summed E-state index contributed by atoms with van der Waals surface area (Å²) >= 11 is 0. The van der Waals surface area contributed by atoms with Crippen LogP contribution in [0.5, 0.6) is 23.0 Å². The molecule has 0 aromatic heterocycles. The number of fused-ring (bicyclic) bond motifs is 6. The molecule has 0 aliphatic rings. The Bertz CT molecular complexity index is 1130. The van der Waals surface area contributed by atoms with Crippen LogP contribution < -0.4 is 18.9 Å². The van der Waals surface area contributed by atoms with E-state index in [0.717, 1.165) is 21.5 Å². The predicted molar refractivity (Wildman–Crippen MR) is 115 cm³/mol. The largest absolute Gasteiger partial charge is 0.493 e. The summed E-state index contributed by atoms with van der Waals surface area (Å²) in [4.78, 5) is 0. The summed E-state index contributed by atoms with van der Waals surface area (Å²) in [6.07, 6.45) is 0. The Morgan fingerprint density at radius 1 is 0.393 bits per heavy atom. The molecule has 4 aromatic carbocycles. The van der Waals surface area contributed by atoms with E-state index in [1.54, 1.807) is 28.4 Å². The molecule has 28 heavy (non-hydrogen) atoms. The average Bonchev–Trinajstić information content (AvgIpc) is 2.73. The van der Waals surface area contributed by atoms with Gasteiger partial charge in [0.15, 0.2) is 23.0 Å². The third kappa shape index (κ3) is 2.60. The van der Waals surface area contributed by atoms with E-state index in [0.29, 0.717) is 23.0 Å². The Kier molecular flexibility index (Phi) is 4.42. The summed E-state index contributed by atoms with van der Waals surface area (Å²) in [6.45, 7) is 4.28. The van der Waals surface area contributed by atoms with E-state index in [2.05, 4.69) is 38.1 Å². The van der Waals surface area contributed by atoms with Crippen molar-refractivity contribution in [3.8, 4) is 23.0 Å². The zero-order valence-electron chi connectivity index (χ0n) is 17.1. The second kappa shape index (κ2) is 6.79. The van der Waals surface area contributed by atoms with Gasteiger partial charge in [-0.25, -0.2) is 0 Å². The Morgan fingerprint density at radius 3 is 0.821 bits per heavy atom. The van der Waals surface area contributed by atoms with Crippen molar-refractivity contribution in [2.45, 2.75) is 13.8 Å². The lowest BCUT2D eigenvalue weighted by molar-refractivity contribution is 0.355. The number of hydrogen-bond donors (Lipinski definition) is 0. The first-order valence-corrected chi connectivity index (χ1v) is 9.16. The van der Waals surface area contributed by atoms with Gasteiger partial charge in [-0.15, -0.1) is 0 Å². The van der Waals surface area contributed by atoms with Crippen molar-refractivity contribution in [1.29, 1.82) is 0 Å². The van der Waals surface area contributed by atoms with Crippen molar-refractivity contribution >= 4 is 32.3 Å². The van der Waals surface area contributed by atoms with Gasteiger partial charge in [0.1, 0.15) is 0 Å². The lowest BCUT2D eigenvalue weighted by atomic mass is 9.91. The first-order valence-electron chi connectivity index (χ1n) is 9.16. The molecule has 144 valence electrons. The molecule has 0 heterocycles. The van der Waals surface area contributed by atoms with E-state index >= 15 is 0 Å². The van der Waals surface area contributed by atoms with Gasteiger partial charge in [0.25, 0.3) is 0 Å². The van der Waals surface area contributed by atoms with E-state index in [-0.39, 0.29) is 0 Å². The molecule has 0 radical (unpaired) electrons. The molecule has 0 N–H and O–H groups in total. The van der Waals surface area contributed by atoms with Crippen LogP contribution in [0, 0.1) is 13.8 Å². The van der Waals surface area contributed by atoms with E-state index in [4.69, 9.17) is 18.9 Å². The number of hydrogen-bond acceptors (Lipinski definition) is 4. The van der Waals surface area contributed by atoms with Crippen molar-refractivity contribution in [2.75, 3.05) is 28.4 Å². The second-order valence-corrected chi connectivity index (χ2v) is 6.99. The van der Waals surface area contributed by atoms with Gasteiger partial charge >= 0.3 is 0 Å². The van der Waals surface area contributed by atoms with Crippen LogP contribution in [0.1, 0.15) is 11.1 Å². The summed E-state index contributed by atoms with van der Waals surface area (Å²) in [6, 6.07) is 12.7. The maximum absolute atomic E-state index is 5.57. The van der Waals surface area contributed by atoms with Crippen LogP contribution in [0.25, 0.3) is 32.3 Å². The molecule has 0 bridgehead atoms. The van der Waals surface area contributed by atoms with Crippen LogP contribution >= 0.6 is 0 Å². The van der Waals surface area contributed by atoms with Crippen LogP contribution in [0.2, 0.25) is 0 Å². The van der Waals surface area contributed by atoms with E-state index in [9.17, 15) is 0 Å². The summed E-state index contributed by atoms with van der Waals surface area (Å²) in [5, 5.41) is 6.78. The van der Waals surface area contributed by atoms with Crippen LogP contribution in [0.15, 0.2) is 36.4 Å². The normalized spacial score (nSPS) is 11.2. The summed E-state index contributed by atoms with van der Waals surface area (Å²) < 4.78 is 22.3. The molecule has 0 unspecified atom stereocenters. The smallest absolute Gasteiger partial charge is 0.161 e. The fourth-order valence-corrected chi connectivity index (χ4v) is 3.91. The van der Waals surface area contributed by atoms with E-state index in [1.807, 2.05) is 12.1 Å². The molecule has 0 aliphatic heterocycles. The van der Waals surface area contributed by atoms with Crippen LogP contribution in [-0.4, -0.2) is 28.4 Å². The van der Waals surface area contributed by atoms with Crippen molar-refractivity contribution < 1.29 is 18.9 Å². The fourth-order valence-electron chi connectivity index (χ4n) is 3.91. The summed E-state index contributed by atoms with van der Waals surface area (Å²) in [5.41, 5.74) is 2.51. The molecule has 4 rings (SSSR count). The zero-order chi connectivity index (χ0) is 20.0. The Morgan fingerprint density at radius 2 is 0.607 bits per heavy atom. The van der Waals surface area contributed by atoms with E-state index < -0.39 is 0 Å². The molecule has 0 aliphatic carbocycles. The number of methoxy groups -OCH3 is 4. The van der Waals surface area contributed by atoms with Crippen LogP contribution in [-0.2, 0) is 0 Å². The minimum Gasteiger partial charge on any atom is -0.493 e. The fraction of sp³-hybridized carbons (Fsp3) is 0.250. The average molecular weight is 376 g/mol. The first kappa shape index (κ1) is 18.2. The Hall–Kier alpha value is -3.14. The van der Waals surface area contributed by atoms with Gasteiger partial charge in [-0.1, -0.05) is 12.1 Å². The lowest BCUT2D eigenvalue weighted by Gasteiger charge is -2.17. The van der Waals surface area contributed by atoms with Gasteiger partial charge < -0.3 is 18.9 Å². The Labute approximate surface area is 164 Å². The van der Waals surface area contributed by atoms with Crippen LogP contribution in [0.4, 0.5) is 0 Å². The van der Waals surface area contributed by atoms with Gasteiger partial charge in [0.2, 0.25) is 0 Å². The second-order valence-electron chi connectivity index (χ2n) is 6.99. The molecule has 0 amide bonds. The van der Waals surface area contributed by atoms with Crippen molar-refractivity contribution in [1.82, 2.24) is 0 Å². The third-order valence-electron chi connectivity index (χ3n) is 5.55. The van der Waals surface area contributed by atoms with Crippen molar-refractivity contribution in [2.24, 2.45) is 0 Å². The highest BCUT2D eigenvalue weighted by Gasteiger charge is 2.17. The zero-order valence-corrected chi connectivity index (χ0v) is 17.1. The quantitative estimate of drug-likeness (QED) is 0.422. The van der Waals surface area contributed by atoms with Gasteiger partial charge in [-0.2, -0.15) is 0 Å². The Balaban J connectivity index is 2.31. The molecule has 0 fully saturated rings.